The highest BCUT2D eigenvalue weighted by atomic mass is 16.4. The number of aliphatic carboxylic acids is 3. The van der Waals surface area contributed by atoms with Gasteiger partial charge < -0.3 is 36.4 Å². The second-order valence-corrected chi connectivity index (χ2v) is 13.5. The van der Waals surface area contributed by atoms with Crippen LogP contribution < -0.4 is 16.0 Å². The quantitative estimate of drug-likeness (QED) is 0.0760. The molecule has 0 radical (unpaired) electrons. The van der Waals surface area contributed by atoms with Crippen LogP contribution in [0.15, 0.2) is 0 Å². The highest BCUT2D eigenvalue weighted by molar-refractivity contribution is 5.92. The van der Waals surface area contributed by atoms with Crippen LogP contribution in [0.4, 0.5) is 0 Å². The first-order valence-electron chi connectivity index (χ1n) is 17.4. The van der Waals surface area contributed by atoms with Gasteiger partial charge in [-0.2, -0.15) is 0 Å². The zero-order chi connectivity index (χ0) is 38.1. The smallest absolute Gasteiger partial charge is 0.317 e. The predicted octanol–water partition coefficient (Wildman–Crippen LogP) is -3.75. The molecule has 51 heavy (non-hydrogen) atoms. The number of aliphatic hydroxyl groups excluding tert-OH is 1. The highest BCUT2D eigenvalue weighted by Crippen LogP contribution is 2.10. The molecule has 2 saturated heterocycles. The van der Waals surface area contributed by atoms with Crippen LogP contribution in [-0.2, 0) is 33.6 Å². The number of aliphatic hydroxyl groups is 1. The first-order valence-corrected chi connectivity index (χ1v) is 17.4. The number of ketones is 1. The zero-order valence-corrected chi connectivity index (χ0v) is 29.9. The summed E-state index contributed by atoms with van der Waals surface area (Å²) in [6.45, 7) is 7.13. The summed E-state index contributed by atoms with van der Waals surface area (Å²) in [5, 5.41) is 46.1. The summed E-state index contributed by atoms with van der Waals surface area (Å²) < 4.78 is 0. The second kappa shape index (κ2) is 22.2. The van der Waals surface area contributed by atoms with E-state index in [2.05, 4.69) is 16.0 Å². The van der Waals surface area contributed by atoms with Crippen molar-refractivity contribution in [1.29, 1.82) is 0 Å². The number of likely N-dealkylation sites (tertiary alicyclic amines) is 1. The van der Waals surface area contributed by atoms with Crippen LogP contribution in [0.5, 0.6) is 0 Å². The molecule has 2 aliphatic rings. The molecule has 0 spiro atoms. The van der Waals surface area contributed by atoms with Crippen LogP contribution in [0.1, 0.15) is 33.6 Å². The zero-order valence-electron chi connectivity index (χ0n) is 29.9. The van der Waals surface area contributed by atoms with Crippen LogP contribution in [0.25, 0.3) is 0 Å². The van der Waals surface area contributed by atoms with E-state index in [1.54, 1.807) is 28.5 Å². The fourth-order valence-corrected chi connectivity index (χ4v) is 5.95. The van der Waals surface area contributed by atoms with E-state index in [1.165, 1.54) is 6.92 Å². The number of carbonyl (C=O) groups is 7. The molecule has 2 atom stereocenters. The van der Waals surface area contributed by atoms with Gasteiger partial charge in [-0.3, -0.25) is 58.1 Å². The summed E-state index contributed by atoms with van der Waals surface area (Å²) in [5.41, 5.74) is 0. The standard InChI is InChI=1S/C32H56N8O11/c1-22(2)32(51)31(23(3)41)35-25(42)16-33-26(43)17-36-6-4-24(5-7-36)34-27(44)18-37-8-10-38(19-28(45)46)12-14-40(21-30(49)50)15-13-39(11-9-37)20-29(47)48/h22-24,31,41H,4-21H2,1-3H3,(H,33,43)(H,34,44)(H,35,42)(H,45,46)(H,47,48)(H,49,50). The predicted molar refractivity (Wildman–Crippen MR) is 183 cm³/mol. The molecular formula is C32H56N8O11. The van der Waals surface area contributed by atoms with Crippen molar-refractivity contribution in [3.05, 3.63) is 0 Å². The molecular weight excluding hydrogens is 672 g/mol. The average Bonchev–Trinajstić information content (AvgIpc) is 3.03. The van der Waals surface area contributed by atoms with Crippen molar-refractivity contribution in [2.24, 2.45) is 5.92 Å². The first kappa shape index (κ1) is 43.4. The number of carboxylic acids is 3. The SMILES string of the molecule is CC(C)C(=O)C(NC(=O)CNC(=O)CN1CCC(NC(=O)CN2CCN(CC(=O)O)CCN(CC(=O)O)CCN(CC(=O)O)CC2)CC1)C(C)O. The van der Waals surface area contributed by atoms with Gasteiger partial charge in [-0.1, -0.05) is 13.8 Å². The number of nitrogens with zero attached hydrogens (tertiary/aromatic N) is 5. The van der Waals surface area contributed by atoms with Crippen molar-refractivity contribution >= 4 is 41.4 Å². The van der Waals surface area contributed by atoms with E-state index in [0.29, 0.717) is 52.1 Å². The second-order valence-electron chi connectivity index (χ2n) is 13.5. The van der Waals surface area contributed by atoms with Crippen LogP contribution in [0.3, 0.4) is 0 Å². The molecule has 2 rings (SSSR count). The summed E-state index contributed by atoms with van der Waals surface area (Å²) in [7, 11) is 0. The monoisotopic (exact) mass is 728 g/mol. The Morgan fingerprint density at radius 2 is 0.941 bits per heavy atom. The first-order chi connectivity index (χ1) is 24.0. The lowest BCUT2D eigenvalue weighted by Gasteiger charge is -2.34. The molecule has 19 heteroatoms. The molecule has 3 amide bonds. The molecule has 2 unspecified atom stereocenters. The lowest BCUT2D eigenvalue weighted by atomic mass is 9.98. The van der Waals surface area contributed by atoms with Gasteiger partial charge >= 0.3 is 17.9 Å². The maximum absolute atomic E-state index is 13.1. The van der Waals surface area contributed by atoms with Gasteiger partial charge in [-0.25, -0.2) is 0 Å². The van der Waals surface area contributed by atoms with Crippen LogP contribution in [0.2, 0.25) is 0 Å². The minimum atomic E-state index is -1.08. The van der Waals surface area contributed by atoms with Crippen molar-refractivity contribution in [3.8, 4) is 0 Å². The average molecular weight is 729 g/mol. The summed E-state index contributed by atoms with van der Waals surface area (Å²) in [4.78, 5) is 93.4. The number of piperidine rings is 1. The third-order valence-corrected chi connectivity index (χ3v) is 8.81. The van der Waals surface area contributed by atoms with Gasteiger partial charge in [-0.15, -0.1) is 0 Å². The maximum atomic E-state index is 13.1. The van der Waals surface area contributed by atoms with E-state index in [9.17, 15) is 54.0 Å². The maximum Gasteiger partial charge on any atom is 0.317 e. The van der Waals surface area contributed by atoms with Crippen LogP contribution >= 0.6 is 0 Å². The Labute approximate surface area is 298 Å². The largest absolute Gasteiger partial charge is 0.480 e. The molecule has 0 aromatic carbocycles. The van der Waals surface area contributed by atoms with E-state index < -0.39 is 36.0 Å². The molecule has 0 aromatic heterocycles. The van der Waals surface area contributed by atoms with Crippen LogP contribution in [0, 0.1) is 5.92 Å². The number of Topliss-reactive ketones (excluding diaryl/α,β-unsaturated/α-hetero) is 1. The molecule has 2 fully saturated rings. The van der Waals surface area contributed by atoms with E-state index >= 15 is 0 Å². The van der Waals surface area contributed by atoms with Gasteiger partial charge in [0.05, 0.1) is 45.4 Å². The molecule has 0 bridgehead atoms. The van der Waals surface area contributed by atoms with Gasteiger partial charge in [0, 0.05) is 77.4 Å². The molecule has 2 aliphatic heterocycles. The van der Waals surface area contributed by atoms with Crippen molar-refractivity contribution < 1.29 is 54.0 Å². The Morgan fingerprint density at radius 1 is 0.569 bits per heavy atom. The summed E-state index contributed by atoms with van der Waals surface area (Å²) in [5.74, 6) is -4.99. The van der Waals surface area contributed by atoms with E-state index in [4.69, 9.17) is 0 Å². The Kier molecular flexibility index (Phi) is 18.9. The van der Waals surface area contributed by atoms with Crippen molar-refractivity contribution in [2.45, 2.75) is 51.8 Å². The van der Waals surface area contributed by atoms with Crippen molar-refractivity contribution in [3.63, 3.8) is 0 Å². The van der Waals surface area contributed by atoms with Gasteiger partial charge in [0.2, 0.25) is 17.7 Å². The molecule has 0 aromatic rings. The Bertz CT molecular complexity index is 1160. The van der Waals surface area contributed by atoms with Gasteiger partial charge in [0.25, 0.3) is 0 Å². The van der Waals surface area contributed by atoms with E-state index in [-0.39, 0.29) is 95.0 Å². The summed E-state index contributed by atoms with van der Waals surface area (Å²) in [6.07, 6.45) is 0.0823. The Balaban J connectivity index is 1.88. The minimum absolute atomic E-state index is 0.0102. The highest BCUT2D eigenvalue weighted by Gasteiger charge is 2.28. The number of amides is 3. The van der Waals surface area contributed by atoms with Gasteiger partial charge in [-0.05, 0) is 19.8 Å². The lowest BCUT2D eigenvalue weighted by Crippen LogP contribution is -2.53. The van der Waals surface area contributed by atoms with Crippen LogP contribution in [-0.4, -0.2) is 209 Å². The molecule has 7 N–H and O–H groups in total. The van der Waals surface area contributed by atoms with Crippen molar-refractivity contribution in [1.82, 2.24) is 40.4 Å². The lowest BCUT2D eigenvalue weighted by molar-refractivity contribution is -0.140. The normalized spacial score (nSPS) is 19.6. The number of hydrogen-bond acceptors (Lipinski definition) is 13. The third-order valence-electron chi connectivity index (χ3n) is 8.81. The third kappa shape index (κ3) is 17.8. The topological polar surface area (TPSA) is 253 Å². The minimum Gasteiger partial charge on any atom is -0.480 e. The number of carboxylic acid groups (broad SMARTS) is 3. The molecule has 19 nitrogen and oxygen atoms in total. The van der Waals surface area contributed by atoms with E-state index in [1.807, 2.05) is 9.80 Å². The van der Waals surface area contributed by atoms with Crippen molar-refractivity contribution in [2.75, 3.05) is 105 Å². The summed E-state index contributed by atoms with van der Waals surface area (Å²) >= 11 is 0. The fourth-order valence-electron chi connectivity index (χ4n) is 5.95. The molecule has 0 saturated carbocycles. The molecule has 290 valence electrons. The van der Waals surface area contributed by atoms with Gasteiger partial charge in [0.15, 0.2) is 5.78 Å². The Morgan fingerprint density at radius 3 is 1.31 bits per heavy atom. The summed E-state index contributed by atoms with van der Waals surface area (Å²) in [6, 6.07) is -1.20. The Hall–Kier alpha value is -3.75. The van der Waals surface area contributed by atoms with E-state index in [0.717, 1.165) is 0 Å². The number of nitrogens with one attached hydrogen (secondary N) is 3. The fraction of sp³-hybridized carbons (Fsp3) is 0.781. The number of rotatable bonds is 17. The van der Waals surface area contributed by atoms with Gasteiger partial charge in [0.1, 0.15) is 6.04 Å². The number of carbonyl (C=O) groups excluding carboxylic acids is 4. The molecule has 2 heterocycles. The molecule has 0 aliphatic carbocycles. The number of hydrogen-bond donors (Lipinski definition) is 7.